The molecule has 0 spiro atoms. The lowest BCUT2D eigenvalue weighted by Crippen LogP contribution is -2.51. The van der Waals surface area contributed by atoms with Crippen molar-refractivity contribution in [1.82, 2.24) is 15.2 Å². The van der Waals surface area contributed by atoms with Gasteiger partial charge in [0.2, 0.25) is 0 Å². The molecular formula is C20H27N3O. The number of nitrogens with zero attached hydrogens (tertiary/aromatic N) is 2. The largest absolute Gasteiger partial charge is 0.379 e. The summed E-state index contributed by atoms with van der Waals surface area (Å²) in [4.78, 5) is 7.09. The third-order valence-corrected chi connectivity index (χ3v) is 4.72. The molecule has 1 fully saturated rings. The van der Waals surface area contributed by atoms with Crippen LogP contribution in [-0.4, -0.2) is 48.3 Å². The van der Waals surface area contributed by atoms with Gasteiger partial charge in [0.05, 0.1) is 24.9 Å². The summed E-state index contributed by atoms with van der Waals surface area (Å²) in [6, 6.07) is 17.7. The molecule has 0 aliphatic carbocycles. The van der Waals surface area contributed by atoms with Gasteiger partial charge in [0.15, 0.2) is 0 Å². The maximum atomic E-state index is 5.55. The summed E-state index contributed by atoms with van der Waals surface area (Å²) >= 11 is 0. The van der Waals surface area contributed by atoms with Crippen LogP contribution >= 0.6 is 0 Å². The van der Waals surface area contributed by atoms with E-state index in [0.29, 0.717) is 12.1 Å². The van der Waals surface area contributed by atoms with Crippen molar-refractivity contribution < 1.29 is 4.74 Å². The van der Waals surface area contributed by atoms with Crippen molar-refractivity contribution in [2.75, 3.05) is 26.3 Å². The maximum absolute atomic E-state index is 5.55. The summed E-state index contributed by atoms with van der Waals surface area (Å²) in [5.41, 5.74) is 2.31. The monoisotopic (exact) mass is 325 g/mol. The number of nitrogens with one attached hydrogen (secondary N) is 1. The summed E-state index contributed by atoms with van der Waals surface area (Å²) in [6.45, 7) is 8.10. The predicted octanol–water partition coefficient (Wildman–Crippen LogP) is 2.87. The molecule has 1 saturated heterocycles. The van der Waals surface area contributed by atoms with E-state index < -0.39 is 0 Å². The van der Waals surface area contributed by atoms with Gasteiger partial charge in [-0.25, -0.2) is 0 Å². The lowest BCUT2D eigenvalue weighted by Gasteiger charge is -2.38. The number of hydrogen-bond donors (Lipinski definition) is 1. The molecule has 0 saturated carbocycles. The van der Waals surface area contributed by atoms with Gasteiger partial charge in [-0.1, -0.05) is 36.4 Å². The average molecular weight is 325 g/mol. The van der Waals surface area contributed by atoms with E-state index in [2.05, 4.69) is 65.4 Å². The van der Waals surface area contributed by atoms with Crippen molar-refractivity contribution in [3.63, 3.8) is 0 Å². The zero-order valence-electron chi connectivity index (χ0n) is 14.6. The Morgan fingerprint density at radius 3 is 2.71 bits per heavy atom. The standard InChI is InChI=1S/C20H27N3O/c1-16(23-12-13-24-15-17(23)2)14-22-20(18-8-4-3-5-9-18)19-10-6-7-11-21-19/h3-11,16-17,20,22H,12-15H2,1-2H3. The van der Waals surface area contributed by atoms with Gasteiger partial charge in [0.25, 0.3) is 0 Å². The van der Waals surface area contributed by atoms with Crippen molar-refractivity contribution in [2.24, 2.45) is 0 Å². The van der Waals surface area contributed by atoms with Crippen molar-refractivity contribution in [3.05, 3.63) is 66.0 Å². The highest BCUT2D eigenvalue weighted by molar-refractivity contribution is 5.27. The van der Waals surface area contributed by atoms with Crippen molar-refractivity contribution in [2.45, 2.75) is 32.0 Å². The van der Waals surface area contributed by atoms with Gasteiger partial charge in [0, 0.05) is 31.4 Å². The molecule has 3 rings (SSSR count). The Balaban J connectivity index is 1.70. The Morgan fingerprint density at radius 2 is 2.00 bits per heavy atom. The Morgan fingerprint density at radius 1 is 1.21 bits per heavy atom. The number of pyridine rings is 1. The molecule has 3 atom stereocenters. The van der Waals surface area contributed by atoms with Gasteiger partial charge in [-0.2, -0.15) is 0 Å². The lowest BCUT2D eigenvalue weighted by molar-refractivity contribution is -0.0183. The van der Waals surface area contributed by atoms with Gasteiger partial charge in [-0.15, -0.1) is 0 Å². The number of ether oxygens (including phenoxy) is 1. The molecule has 2 aromatic rings. The second-order valence-corrected chi connectivity index (χ2v) is 6.52. The van der Waals surface area contributed by atoms with Gasteiger partial charge in [0.1, 0.15) is 0 Å². The lowest BCUT2D eigenvalue weighted by atomic mass is 10.0. The van der Waals surface area contributed by atoms with Gasteiger partial charge >= 0.3 is 0 Å². The summed E-state index contributed by atoms with van der Waals surface area (Å²) in [6.07, 6.45) is 1.86. The highest BCUT2D eigenvalue weighted by Gasteiger charge is 2.24. The fraction of sp³-hybridized carbons (Fsp3) is 0.450. The topological polar surface area (TPSA) is 37.4 Å². The summed E-state index contributed by atoms with van der Waals surface area (Å²) in [5.74, 6) is 0. The Labute approximate surface area is 144 Å². The molecule has 1 aliphatic heterocycles. The second kappa shape index (κ2) is 8.38. The van der Waals surface area contributed by atoms with Crippen LogP contribution in [0.4, 0.5) is 0 Å². The van der Waals surface area contributed by atoms with E-state index in [1.54, 1.807) is 0 Å². The SMILES string of the molecule is CC(CNC(c1ccccc1)c1ccccn1)N1CCOCC1C. The summed E-state index contributed by atoms with van der Waals surface area (Å²) < 4.78 is 5.55. The van der Waals surface area contributed by atoms with Crippen molar-refractivity contribution in [3.8, 4) is 0 Å². The molecule has 0 bridgehead atoms. The molecule has 24 heavy (non-hydrogen) atoms. The highest BCUT2D eigenvalue weighted by atomic mass is 16.5. The smallest absolute Gasteiger partial charge is 0.0751 e. The van der Waals surface area contributed by atoms with Crippen LogP contribution in [0.5, 0.6) is 0 Å². The molecule has 4 nitrogen and oxygen atoms in total. The Bertz CT molecular complexity index is 565. The van der Waals surface area contributed by atoms with E-state index in [-0.39, 0.29) is 6.04 Å². The van der Waals surface area contributed by atoms with Gasteiger partial charge < -0.3 is 10.1 Å². The minimum absolute atomic E-state index is 0.117. The first-order valence-electron chi connectivity index (χ1n) is 8.78. The van der Waals surface area contributed by atoms with Crippen LogP contribution in [0.25, 0.3) is 0 Å². The fourth-order valence-corrected chi connectivity index (χ4v) is 3.39. The van der Waals surface area contributed by atoms with Crippen LogP contribution in [-0.2, 0) is 4.74 Å². The molecule has 1 aliphatic rings. The van der Waals surface area contributed by atoms with Crippen LogP contribution < -0.4 is 5.32 Å². The average Bonchev–Trinajstić information content (AvgIpc) is 2.64. The van der Waals surface area contributed by atoms with E-state index in [4.69, 9.17) is 4.74 Å². The van der Waals surface area contributed by atoms with Crippen LogP contribution in [0.1, 0.15) is 31.1 Å². The van der Waals surface area contributed by atoms with Gasteiger partial charge in [-0.3, -0.25) is 9.88 Å². The van der Waals surface area contributed by atoms with E-state index in [1.807, 2.05) is 18.3 Å². The van der Waals surface area contributed by atoms with Crippen LogP contribution in [0, 0.1) is 0 Å². The van der Waals surface area contributed by atoms with Crippen LogP contribution in [0.3, 0.4) is 0 Å². The quantitative estimate of drug-likeness (QED) is 0.886. The van der Waals surface area contributed by atoms with E-state index in [9.17, 15) is 0 Å². The molecular weight excluding hydrogens is 298 g/mol. The predicted molar refractivity (Wildman–Crippen MR) is 97.0 cm³/mol. The summed E-state index contributed by atoms with van der Waals surface area (Å²) in [7, 11) is 0. The van der Waals surface area contributed by atoms with E-state index in [0.717, 1.165) is 32.0 Å². The van der Waals surface area contributed by atoms with E-state index >= 15 is 0 Å². The normalized spacial score (nSPS) is 21.3. The second-order valence-electron chi connectivity index (χ2n) is 6.52. The van der Waals surface area contributed by atoms with E-state index in [1.165, 1.54) is 5.56 Å². The Kier molecular flexibility index (Phi) is 5.96. The molecule has 0 radical (unpaired) electrons. The van der Waals surface area contributed by atoms with Crippen LogP contribution in [0.2, 0.25) is 0 Å². The maximum Gasteiger partial charge on any atom is 0.0751 e. The first-order chi connectivity index (χ1) is 11.8. The number of benzene rings is 1. The Hall–Kier alpha value is -1.75. The molecule has 3 unspecified atom stereocenters. The zero-order chi connectivity index (χ0) is 16.8. The number of hydrogen-bond acceptors (Lipinski definition) is 4. The zero-order valence-corrected chi connectivity index (χ0v) is 14.6. The van der Waals surface area contributed by atoms with Crippen molar-refractivity contribution in [1.29, 1.82) is 0 Å². The third kappa shape index (κ3) is 4.20. The number of morpholine rings is 1. The first kappa shape index (κ1) is 17.1. The molecule has 1 aromatic carbocycles. The highest BCUT2D eigenvalue weighted by Crippen LogP contribution is 2.20. The minimum Gasteiger partial charge on any atom is -0.379 e. The first-order valence-corrected chi connectivity index (χ1v) is 8.78. The number of aromatic nitrogens is 1. The summed E-state index contributed by atoms with van der Waals surface area (Å²) in [5, 5.41) is 3.72. The molecule has 4 heteroatoms. The molecule has 1 aromatic heterocycles. The van der Waals surface area contributed by atoms with Crippen LogP contribution in [0.15, 0.2) is 54.7 Å². The third-order valence-electron chi connectivity index (χ3n) is 4.72. The molecule has 0 amide bonds. The molecule has 1 N–H and O–H groups in total. The fourth-order valence-electron chi connectivity index (χ4n) is 3.39. The minimum atomic E-state index is 0.117. The molecule has 128 valence electrons. The molecule has 2 heterocycles. The van der Waals surface area contributed by atoms with Gasteiger partial charge in [-0.05, 0) is 31.5 Å². The van der Waals surface area contributed by atoms with Crippen molar-refractivity contribution >= 4 is 0 Å². The number of rotatable bonds is 6.